The van der Waals surface area contributed by atoms with E-state index in [9.17, 15) is 13.2 Å². The van der Waals surface area contributed by atoms with Gasteiger partial charge in [0.1, 0.15) is 0 Å². The predicted octanol–water partition coefficient (Wildman–Crippen LogP) is 1.21. The van der Waals surface area contributed by atoms with Crippen LogP contribution in [0.15, 0.2) is 24.4 Å². The van der Waals surface area contributed by atoms with Crippen LogP contribution in [0.1, 0.15) is 24.2 Å². The Balaban J connectivity index is 1.98. The van der Waals surface area contributed by atoms with Crippen LogP contribution in [0.25, 0.3) is 10.9 Å². The molecule has 1 aromatic heterocycles. The molecule has 0 spiro atoms. The van der Waals surface area contributed by atoms with E-state index in [1.54, 1.807) is 37.1 Å². The number of fused-ring (bicyclic) bond motifs is 1. The first kappa shape index (κ1) is 14.1. The number of H-pyrrole nitrogens is 1. The van der Waals surface area contributed by atoms with Gasteiger partial charge < -0.3 is 4.90 Å². The van der Waals surface area contributed by atoms with E-state index in [-0.39, 0.29) is 24.2 Å². The van der Waals surface area contributed by atoms with Crippen LogP contribution >= 0.6 is 0 Å². The average molecular weight is 307 g/mol. The molecule has 2 heterocycles. The Bertz CT molecular complexity index is 797. The van der Waals surface area contributed by atoms with Gasteiger partial charge in [-0.2, -0.15) is 5.10 Å². The molecule has 1 aliphatic heterocycles. The first-order valence-corrected chi connectivity index (χ1v) is 8.58. The van der Waals surface area contributed by atoms with Gasteiger partial charge in [0.25, 0.3) is 5.91 Å². The normalized spacial score (nSPS) is 25.1. The van der Waals surface area contributed by atoms with Crippen LogP contribution < -0.4 is 0 Å². The molecular weight excluding hydrogens is 290 g/mol. The third kappa shape index (κ3) is 2.21. The largest absolute Gasteiger partial charge is 0.334 e. The Labute approximate surface area is 123 Å². The molecule has 1 aliphatic rings. The highest BCUT2D eigenvalue weighted by molar-refractivity contribution is 7.92. The van der Waals surface area contributed by atoms with Gasteiger partial charge in [0.05, 0.1) is 28.3 Å². The molecule has 21 heavy (non-hydrogen) atoms. The van der Waals surface area contributed by atoms with Gasteiger partial charge in [0.2, 0.25) is 0 Å². The minimum Gasteiger partial charge on any atom is -0.334 e. The second-order valence-electron chi connectivity index (χ2n) is 5.45. The fraction of sp³-hybridized carbons (Fsp3) is 0.429. The molecule has 0 radical (unpaired) electrons. The summed E-state index contributed by atoms with van der Waals surface area (Å²) in [6.45, 7) is 3.68. The molecule has 1 saturated heterocycles. The lowest BCUT2D eigenvalue weighted by atomic mass is 10.1. The first-order chi connectivity index (χ1) is 9.92. The Morgan fingerprint density at radius 2 is 2.14 bits per heavy atom. The van der Waals surface area contributed by atoms with E-state index in [0.29, 0.717) is 11.1 Å². The quantitative estimate of drug-likeness (QED) is 0.858. The van der Waals surface area contributed by atoms with Crippen molar-refractivity contribution in [2.45, 2.75) is 25.1 Å². The molecule has 2 aromatic rings. The summed E-state index contributed by atoms with van der Waals surface area (Å²) in [5.74, 6) is -0.137. The van der Waals surface area contributed by atoms with Crippen LogP contribution in [0.4, 0.5) is 0 Å². The molecule has 0 saturated carbocycles. The van der Waals surface area contributed by atoms with Crippen molar-refractivity contribution in [2.24, 2.45) is 0 Å². The smallest absolute Gasteiger partial charge is 0.256 e. The number of para-hydroxylation sites is 1. The van der Waals surface area contributed by atoms with Crippen LogP contribution in [0.5, 0.6) is 0 Å². The number of carbonyl (C=O) groups is 1. The number of benzene rings is 1. The van der Waals surface area contributed by atoms with E-state index in [1.807, 2.05) is 6.07 Å². The maximum absolute atomic E-state index is 12.8. The average Bonchev–Trinajstić information content (AvgIpc) is 2.92. The van der Waals surface area contributed by atoms with Crippen molar-refractivity contribution in [1.29, 1.82) is 0 Å². The third-order valence-electron chi connectivity index (χ3n) is 4.32. The summed E-state index contributed by atoms with van der Waals surface area (Å²) < 4.78 is 23.8. The highest BCUT2D eigenvalue weighted by atomic mass is 32.2. The Morgan fingerprint density at radius 3 is 2.90 bits per heavy atom. The maximum atomic E-state index is 12.8. The van der Waals surface area contributed by atoms with Crippen LogP contribution in [-0.4, -0.2) is 53.0 Å². The number of amides is 1. The molecule has 0 unspecified atom stereocenters. The van der Waals surface area contributed by atoms with Crippen molar-refractivity contribution in [1.82, 2.24) is 15.1 Å². The minimum absolute atomic E-state index is 0.0171. The van der Waals surface area contributed by atoms with E-state index < -0.39 is 15.1 Å². The standard InChI is InChI=1S/C14H17N3O3S/c1-9-10(2)21(19,20)7-6-17(9)14(18)12-5-3-4-11-8-15-16-13(11)12/h3-5,8-10H,6-7H2,1-2H3,(H,15,16)/t9-,10-/m1/s1. The summed E-state index contributed by atoms with van der Waals surface area (Å²) in [6, 6.07) is 5.08. The Hall–Kier alpha value is -1.89. The molecule has 3 rings (SSSR count). The van der Waals surface area contributed by atoms with E-state index in [1.165, 1.54) is 0 Å². The molecule has 1 aromatic carbocycles. The zero-order valence-corrected chi connectivity index (χ0v) is 12.7. The molecule has 0 bridgehead atoms. The molecule has 6 nitrogen and oxygen atoms in total. The lowest BCUT2D eigenvalue weighted by molar-refractivity contribution is 0.0695. The number of nitrogens with zero attached hydrogens (tertiary/aromatic N) is 2. The van der Waals surface area contributed by atoms with E-state index in [0.717, 1.165) is 5.39 Å². The van der Waals surface area contributed by atoms with Gasteiger partial charge in [-0.25, -0.2) is 8.42 Å². The number of carbonyl (C=O) groups excluding carboxylic acids is 1. The van der Waals surface area contributed by atoms with Crippen molar-refractivity contribution in [2.75, 3.05) is 12.3 Å². The number of hydrogen-bond acceptors (Lipinski definition) is 4. The second-order valence-corrected chi connectivity index (χ2v) is 7.93. The predicted molar refractivity (Wildman–Crippen MR) is 79.8 cm³/mol. The summed E-state index contributed by atoms with van der Waals surface area (Å²) in [7, 11) is -3.10. The fourth-order valence-corrected chi connectivity index (χ4v) is 4.33. The number of rotatable bonds is 1. The number of aromatic amines is 1. The summed E-state index contributed by atoms with van der Waals surface area (Å²) in [5, 5.41) is 7.11. The van der Waals surface area contributed by atoms with Crippen molar-refractivity contribution in [3.63, 3.8) is 0 Å². The van der Waals surface area contributed by atoms with Gasteiger partial charge in [-0.05, 0) is 19.9 Å². The van der Waals surface area contributed by atoms with Crippen molar-refractivity contribution >= 4 is 26.6 Å². The second kappa shape index (κ2) is 4.84. The van der Waals surface area contributed by atoms with Gasteiger partial charge in [-0.1, -0.05) is 12.1 Å². The summed E-state index contributed by atoms with van der Waals surface area (Å²) >= 11 is 0. The van der Waals surface area contributed by atoms with E-state index in [2.05, 4.69) is 10.2 Å². The number of nitrogens with one attached hydrogen (secondary N) is 1. The SMILES string of the molecule is C[C@@H]1[C@@H](C)S(=O)(=O)CCN1C(=O)c1cccc2cn[nH]c12. The molecule has 1 amide bonds. The number of sulfone groups is 1. The molecule has 1 N–H and O–H groups in total. The highest BCUT2D eigenvalue weighted by Crippen LogP contribution is 2.24. The number of hydrogen-bond donors (Lipinski definition) is 1. The molecule has 0 aliphatic carbocycles. The van der Waals surface area contributed by atoms with Crippen LogP contribution in [0, 0.1) is 0 Å². The van der Waals surface area contributed by atoms with Crippen molar-refractivity contribution in [3.8, 4) is 0 Å². The minimum atomic E-state index is -3.10. The fourth-order valence-electron chi connectivity index (χ4n) is 2.76. The maximum Gasteiger partial charge on any atom is 0.256 e. The number of aromatic nitrogens is 2. The topological polar surface area (TPSA) is 83.1 Å². The monoisotopic (exact) mass is 307 g/mol. The van der Waals surface area contributed by atoms with Crippen molar-refractivity contribution < 1.29 is 13.2 Å². The molecule has 2 atom stereocenters. The van der Waals surface area contributed by atoms with Gasteiger partial charge in [0, 0.05) is 18.0 Å². The molecule has 7 heteroatoms. The van der Waals surface area contributed by atoms with Crippen LogP contribution in [0.2, 0.25) is 0 Å². The zero-order valence-electron chi connectivity index (χ0n) is 11.9. The Kier molecular flexibility index (Phi) is 3.24. The lowest BCUT2D eigenvalue weighted by Crippen LogP contribution is -2.54. The van der Waals surface area contributed by atoms with Crippen LogP contribution in [-0.2, 0) is 9.84 Å². The van der Waals surface area contributed by atoms with Gasteiger partial charge in [-0.3, -0.25) is 9.89 Å². The summed E-state index contributed by atoms with van der Waals surface area (Å²) in [5.41, 5.74) is 1.22. The zero-order chi connectivity index (χ0) is 15.2. The molecule has 112 valence electrons. The van der Waals surface area contributed by atoms with E-state index in [4.69, 9.17) is 0 Å². The highest BCUT2D eigenvalue weighted by Gasteiger charge is 2.38. The van der Waals surface area contributed by atoms with Crippen molar-refractivity contribution in [3.05, 3.63) is 30.0 Å². The lowest BCUT2D eigenvalue weighted by Gasteiger charge is -2.37. The van der Waals surface area contributed by atoms with Gasteiger partial charge >= 0.3 is 0 Å². The van der Waals surface area contributed by atoms with Gasteiger partial charge in [-0.15, -0.1) is 0 Å². The Morgan fingerprint density at radius 1 is 1.38 bits per heavy atom. The molecule has 1 fully saturated rings. The molecular formula is C14H17N3O3S. The van der Waals surface area contributed by atoms with Gasteiger partial charge in [0.15, 0.2) is 9.84 Å². The summed E-state index contributed by atoms with van der Waals surface area (Å²) in [6.07, 6.45) is 1.67. The van der Waals surface area contributed by atoms with E-state index >= 15 is 0 Å². The third-order valence-corrected chi connectivity index (χ3v) is 6.60. The summed E-state index contributed by atoms with van der Waals surface area (Å²) in [4.78, 5) is 14.4. The first-order valence-electron chi connectivity index (χ1n) is 6.86. The van der Waals surface area contributed by atoms with Crippen LogP contribution in [0.3, 0.4) is 0 Å².